The van der Waals surface area contributed by atoms with Gasteiger partial charge in [0.15, 0.2) is 0 Å². The highest BCUT2D eigenvalue weighted by Crippen LogP contribution is 2.30. The van der Waals surface area contributed by atoms with E-state index < -0.39 is 0 Å². The Hall–Kier alpha value is -3.52. The number of anilines is 1. The lowest BCUT2D eigenvalue weighted by molar-refractivity contribution is 0.102. The molecule has 0 aliphatic carbocycles. The second-order valence-corrected chi connectivity index (χ2v) is 6.77. The zero-order valence-corrected chi connectivity index (χ0v) is 16.0. The number of amides is 1. The molecular formula is C20H16N4O3S. The van der Waals surface area contributed by atoms with Crippen LogP contribution in [0.5, 0.6) is 5.88 Å². The molecule has 3 heterocycles. The number of methoxy groups -OCH3 is 1. The first-order valence-corrected chi connectivity index (χ1v) is 9.33. The van der Waals surface area contributed by atoms with Gasteiger partial charge in [-0.25, -0.2) is 9.97 Å². The Morgan fingerprint density at radius 2 is 2.00 bits per heavy atom. The molecule has 0 saturated carbocycles. The Morgan fingerprint density at radius 1 is 1.18 bits per heavy atom. The molecule has 4 aromatic rings. The van der Waals surface area contributed by atoms with E-state index in [1.54, 1.807) is 25.3 Å². The molecule has 0 aliphatic rings. The van der Waals surface area contributed by atoms with Crippen LogP contribution >= 0.6 is 11.3 Å². The summed E-state index contributed by atoms with van der Waals surface area (Å²) < 4.78 is 10.6. The molecule has 0 aliphatic heterocycles. The summed E-state index contributed by atoms with van der Waals surface area (Å²) >= 11 is 1.48. The molecule has 8 heteroatoms. The number of thiazole rings is 1. The molecule has 1 aromatic carbocycles. The number of ether oxygens (including phenoxy) is 1. The van der Waals surface area contributed by atoms with E-state index in [2.05, 4.69) is 20.4 Å². The molecule has 140 valence electrons. The van der Waals surface area contributed by atoms with Crippen molar-refractivity contribution in [3.8, 4) is 27.8 Å². The molecule has 0 fully saturated rings. The lowest BCUT2D eigenvalue weighted by Crippen LogP contribution is -2.14. The first-order valence-electron chi connectivity index (χ1n) is 8.45. The molecule has 28 heavy (non-hydrogen) atoms. The number of hydrogen-bond donors (Lipinski definition) is 1. The van der Waals surface area contributed by atoms with E-state index in [4.69, 9.17) is 9.26 Å². The topological polar surface area (TPSA) is 90.1 Å². The van der Waals surface area contributed by atoms with Crippen molar-refractivity contribution in [2.75, 3.05) is 12.4 Å². The van der Waals surface area contributed by atoms with Crippen LogP contribution in [0.3, 0.4) is 0 Å². The van der Waals surface area contributed by atoms with Crippen LogP contribution in [-0.4, -0.2) is 28.1 Å². The maximum Gasteiger partial charge on any atom is 0.261 e. The molecule has 0 spiro atoms. The number of aryl methyl sites for hydroxylation is 1. The van der Waals surface area contributed by atoms with E-state index in [-0.39, 0.29) is 5.91 Å². The van der Waals surface area contributed by atoms with Gasteiger partial charge in [-0.1, -0.05) is 35.5 Å². The monoisotopic (exact) mass is 392 g/mol. The summed E-state index contributed by atoms with van der Waals surface area (Å²) in [7, 11) is 1.50. The van der Waals surface area contributed by atoms with E-state index in [1.807, 2.05) is 35.7 Å². The van der Waals surface area contributed by atoms with E-state index in [0.717, 1.165) is 10.6 Å². The number of aromatic nitrogens is 3. The van der Waals surface area contributed by atoms with E-state index >= 15 is 0 Å². The summed E-state index contributed by atoms with van der Waals surface area (Å²) in [5.41, 5.74) is 2.79. The molecule has 7 nitrogen and oxygen atoms in total. The number of hydrogen-bond acceptors (Lipinski definition) is 7. The summed E-state index contributed by atoms with van der Waals surface area (Å²) in [5, 5.41) is 9.54. The van der Waals surface area contributed by atoms with E-state index in [0.29, 0.717) is 34.3 Å². The van der Waals surface area contributed by atoms with Crippen molar-refractivity contribution in [2.45, 2.75) is 6.92 Å². The molecule has 1 N–H and O–H groups in total. The summed E-state index contributed by atoms with van der Waals surface area (Å²) in [6, 6.07) is 12.9. The fraction of sp³-hybridized carbons (Fsp3) is 0.100. The average Bonchev–Trinajstić information content (AvgIpc) is 3.39. The number of carbonyl (C=O) groups excluding carboxylic acids is 1. The third kappa shape index (κ3) is 3.37. The van der Waals surface area contributed by atoms with Gasteiger partial charge in [-0.05, 0) is 19.1 Å². The zero-order valence-electron chi connectivity index (χ0n) is 15.2. The Labute approximate surface area is 165 Å². The van der Waals surface area contributed by atoms with E-state index in [1.165, 1.54) is 18.4 Å². The van der Waals surface area contributed by atoms with Crippen molar-refractivity contribution in [3.63, 3.8) is 0 Å². The van der Waals surface area contributed by atoms with Crippen molar-refractivity contribution in [3.05, 3.63) is 65.4 Å². The molecular weight excluding hydrogens is 376 g/mol. The van der Waals surface area contributed by atoms with Crippen molar-refractivity contribution in [1.29, 1.82) is 0 Å². The van der Waals surface area contributed by atoms with Crippen molar-refractivity contribution in [1.82, 2.24) is 15.1 Å². The fourth-order valence-corrected chi connectivity index (χ4v) is 3.38. The van der Waals surface area contributed by atoms with Crippen LogP contribution in [0.15, 0.2) is 58.6 Å². The minimum atomic E-state index is -0.347. The second-order valence-electron chi connectivity index (χ2n) is 5.87. The lowest BCUT2D eigenvalue weighted by atomic mass is 10.1. The standard InChI is InChI=1S/C20H16N4O3S/c1-12-16(17(24-27-12)13-6-4-3-5-7-13)18(25)22-14-8-9-15(23-19(14)26-2)20-21-10-11-28-20/h3-11H,1-2H3,(H,22,25). The summed E-state index contributed by atoms with van der Waals surface area (Å²) in [6.07, 6.45) is 1.71. The minimum Gasteiger partial charge on any atom is -0.479 e. The van der Waals surface area contributed by atoms with Gasteiger partial charge in [0.2, 0.25) is 5.88 Å². The SMILES string of the molecule is COc1nc(-c2nccs2)ccc1NC(=O)c1c(-c2ccccc2)noc1C. The lowest BCUT2D eigenvalue weighted by Gasteiger charge is -2.10. The van der Waals surface area contributed by atoms with Gasteiger partial charge < -0.3 is 14.6 Å². The van der Waals surface area contributed by atoms with Gasteiger partial charge in [-0.3, -0.25) is 4.79 Å². The van der Waals surface area contributed by atoms with Gasteiger partial charge in [0.25, 0.3) is 5.91 Å². The maximum atomic E-state index is 13.0. The van der Waals surface area contributed by atoms with Crippen LogP contribution < -0.4 is 10.1 Å². The highest BCUT2D eigenvalue weighted by atomic mass is 32.1. The smallest absolute Gasteiger partial charge is 0.261 e. The highest BCUT2D eigenvalue weighted by molar-refractivity contribution is 7.13. The van der Waals surface area contributed by atoms with Crippen LogP contribution in [-0.2, 0) is 0 Å². The predicted molar refractivity (Wildman–Crippen MR) is 107 cm³/mol. The molecule has 1 amide bonds. The van der Waals surface area contributed by atoms with Crippen LogP contribution in [0.1, 0.15) is 16.1 Å². The zero-order chi connectivity index (χ0) is 19.5. The minimum absolute atomic E-state index is 0.302. The van der Waals surface area contributed by atoms with Crippen LogP contribution in [0.4, 0.5) is 5.69 Å². The number of nitrogens with zero attached hydrogens (tertiary/aromatic N) is 3. The summed E-state index contributed by atoms with van der Waals surface area (Å²) in [4.78, 5) is 21.7. The summed E-state index contributed by atoms with van der Waals surface area (Å²) in [6.45, 7) is 1.70. The number of benzene rings is 1. The first-order chi connectivity index (χ1) is 13.7. The molecule has 3 aromatic heterocycles. The normalized spacial score (nSPS) is 10.6. The predicted octanol–water partition coefficient (Wildman–Crippen LogP) is 4.43. The summed E-state index contributed by atoms with van der Waals surface area (Å²) in [5.74, 6) is 0.388. The largest absolute Gasteiger partial charge is 0.479 e. The van der Waals surface area contributed by atoms with Crippen LogP contribution in [0.2, 0.25) is 0 Å². The quantitative estimate of drug-likeness (QED) is 0.540. The van der Waals surface area contributed by atoms with Crippen molar-refractivity contribution >= 4 is 22.9 Å². The van der Waals surface area contributed by atoms with E-state index in [9.17, 15) is 4.79 Å². The third-order valence-corrected chi connectivity index (χ3v) is 4.89. The average molecular weight is 392 g/mol. The Balaban J connectivity index is 1.65. The van der Waals surface area contributed by atoms with Gasteiger partial charge in [-0.2, -0.15) is 0 Å². The fourth-order valence-electron chi connectivity index (χ4n) is 2.78. The first kappa shape index (κ1) is 17.9. The van der Waals surface area contributed by atoms with Crippen LogP contribution in [0, 0.1) is 6.92 Å². The number of carbonyl (C=O) groups is 1. The Kier molecular flexibility index (Phi) is 4.86. The maximum absolute atomic E-state index is 13.0. The van der Waals surface area contributed by atoms with Crippen LogP contribution in [0.25, 0.3) is 22.0 Å². The second kappa shape index (κ2) is 7.61. The van der Waals surface area contributed by atoms with Crippen molar-refractivity contribution in [2.24, 2.45) is 0 Å². The number of nitrogens with one attached hydrogen (secondary N) is 1. The van der Waals surface area contributed by atoms with Gasteiger partial charge in [-0.15, -0.1) is 11.3 Å². The third-order valence-electron chi connectivity index (χ3n) is 4.09. The Bertz CT molecular complexity index is 1110. The highest BCUT2D eigenvalue weighted by Gasteiger charge is 2.23. The molecule has 0 radical (unpaired) electrons. The van der Waals surface area contributed by atoms with Gasteiger partial charge >= 0.3 is 0 Å². The van der Waals surface area contributed by atoms with Gasteiger partial charge in [0, 0.05) is 17.1 Å². The Morgan fingerprint density at radius 3 is 2.71 bits per heavy atom. The van der Waals surface area contributed by atoms with Gasteiger partial charge in [0.1, 0.15) is 33.4 Å². The molecule has 0 unspecified atom stereocenters. The number of pyridine rings is 1. The van der Waals surface area contributed by atoms with Crippen molar-refractivity contribution < 1.29 is 14.1 Å². The molecule has 0 atom stereocenters. The molecule has 0 bridgehead atoms. The molecule has 4 rings (SSSR count). The number of rotatable bonds is 5. The molecule has 0 saturated heterocycles. The van der Waals surface area contributed by atoms with Gasteiger partial charge in [0.05, 0.1) is 7.11 Å².